The third kappa shape index (κ3) is 4.14. The van der Waals surface area contributed by atoms with E-state index in [1.54, 1.807) is 0 Å². The lowest BCUT2D eigenvalue weighted by Crippen LogP contribution is -2.52. The van der Waals surface area contributed by atoms with Crippen molar-refractivity contribution in [3.8, 4) is 0 Å². The van der Waals surface area contributed by atoms with Crippen molar-refractivity contribution >= 4 is 5.95 Å². The monoisotopic (exact) mass is 263 g/mol. The van der Waals surface area contributed by atoms with Crippen LogP contribution in [-0.2, 0) is 0 Å². The van der Waals surface area contributed by atoms with Crippen LogP contribution >= 0.6 is 0 Å². The largest absolute Gasteiger partial charge is 0.338 e. The average Bonchev–Trinajstić information content (AvgIpc) is 2.48. The van der Waals surface area contributed by atoms with Gasteiger partial charge in [0.15, 0.2) is 0 Å². The van der Waals surface area contributed by atoms with Gasteiger partial charge in [-0.15, -0.1) is 0 Å². The van der Waals surface area contributed by atoms with E-state index in [1.807, 2.05) is 18.5 Å². The molecule has 0 aliphatic carbocycles. The van der Waals surface area contributed by atoms with Crippen molar-refractivity contribution in [1.29, 1.82) is 0 Å². The van der Waals surface area contributed by atoms with Crippen LogP contribution in [0, 0.1) is 0 Å². The smallest absolute Gasteiger partial charge is 0.225 e. The fourth-order valence-corrected chi connectivity index (χ4v) is 2.43. The number of rotatable bonds is 6. The van der Waals surface area contributed by atoms with Crippen molar-refractivity contribution in [2.45, 2.75) is 26.3 Å². The molecular formula is C14H25N5. The van der Waals surface area contributed by atoms with E-state index in [1.165, 1.54) is 6.42 Å². The summed E-state index contributed by atoms with van der Waals surface area (Å²) in [6, 6.07) is 2.46. The summed E-state index contributed by atoms with van der Waals surface area (Å²) in [4.78, 5) is 13.4. The predicted octanol–water partition coefficient (Wildman–Crippen LogP) is 0.987. The highest BCUT2D eigenvalue weighted by Gasteiger charge is 2.21. The van der Waals surface area contributed by atoms with Crippen LogP contribution in [0.25, 0.3) is 0 Å². The molecule has 1 aromatic rings. The topological polar surface area (TPSA) is 44.3 Å². The summed E-state index contributed by atoms with van der Waals surface area (Å²) in [7, 11) is 0. The maximum Gasteiger partial charge on any atom is 0.225 e. The Hall–Kier alpha value is -1.20. The number of aromatic nitrogens is 2. The summed E-state index contributed by atoms with van der Waals surface area (Å²) in [5.74, 6) is 0.860. The molecule has 2 rings (SSSR count). The fraction of sp³-hybridized carbons (Fsp3) is 0.714. The summed E-state index contributed by atoms with van der Waals surface area (Å²) >= 11 is 0. The minimum absolute atomic E-state index is 0.602. The first-order chi connectivity index (χ1) is 9.31. The van der Waals surface area contributed by atoms with Gasteiger partial charge in [0.1, 0.15) is 0 Å². The maximum absolute atomic E-state index is 4.32. The lowest BCUT2D eigenvalue weighted by atomic mass is 10.2. The quantitative estimate of drug-likeness (QED) is 0.775. The summed E-state index contributed by atoms with van der Waals surface area (Å²) < 4.78 is 0. The third-order valence-corrected chi connectivity index (χ3v) is 3.64. The number of nitrogens with one attached hydrogen (secondary N) is 1. The molecule has 5 heteroatoms. The van der Waals surface area contributed by atoms with Crippen LogP contribution in [0.4, 0.5) is 5.95 Å². The molecule has 2 heterocycles. The van der Waals surface area contributed by atoms with Gasteiger partial charge in [-0.25, -0.2) is 9.97 Å². The second-order valence-corrected chi connectivity index (χ2v) is 5.12. The summed E-state index contributed by atoms with van der Waals surface area (Å²) in [6.07, 6.45) is 4.82. The second-order valence-electron chi connectivity index (χ2n) is 5.12. The van der Waals surface area contributed by atoms with Crippen LogP contribution in [0.2, 0.25) is 0 Å². The Morgan fingerprint density at radius 3 is 2.53 bits per heavy atom. The molecule has 1 aliphatic rings. The molecule has 1 atom stereocenters. The van der Waals surface area contributed by atoms with Gasteiger partial charge in [-0.2, -0.15) is 0 Å². The molecule has 0 spiro atoms. The van der Waals surface area contributed by atoms with Crippen molar-refractivity contribution in [2.75, 3.05) is 44.2 Å². The molecule has 0 aromatic carbocycles. The molecule has 1 fully saturated rings. The van der Waals surface area contributed by atoms with Crippen LogP contribution in [-0.4, -0.2) is 60.2 Å². The lowest BCUT2D eigenvalue weighted by Gasteiger charge is -2.38. The van der Waals surface area contributed by atoms with E-state index in [4.69, 9.17) is 0 Å². The third-order valence-electron chi connectivity index (χ3n) is 3.64. The first kappa shape index (κ1) is 14.2. The van der Waals surface area contributed by atoms with E-state index in [0.29, 0.717) is 6.04 Å². The van der Waals surface area contributed by atoms with Gasteiger partial charge >= 0.3 is 0 Å². The van der Waals surface area contributed by atoms with E-state index in [0.717, 1.165) is 45.2 Å². The molecule has 1 aliphatic heterocycles. The van der Waals surface area contributed by atoms with Gasteiger partial charge in [0.05, 0.1) is 0 Å². The normalized spacial score (nSPS) is 18.5. The van der Waals surface area contributed by atoms with Gasteiger partial charge < -0.3 is 10.2 Å². The zero-order valence-corrected chi connectivity index (χ0v) is 12.0. The highest BCUT2D eigenvalue weighted by molar-refractivity contribution is 5.29. The number of anilines is 1. The van der Waals surface area contributed by atoms with E-state index in [9.17, 15) is 0 Å². The molecular weight excluding hydrogens is 238 g/mol. The Bertz CT molecular complexity index is 348. The molecule has 0 bridgehead atoms. The molecule has 5 nitrogen and oxygen atoms in total. The van der Waals surface area contributed by atoms with Gasteiger partial charge in [-0.1, -0.05) is 6.92 Å². The van der Waals surface area contributed by atoms with Gasteiger partial charge in [0.2, 0.25) is 5.95 Å². The highest BCUT2D eigenvalue weighted by Crippen LogP contribution is 2.11. The van der Waals surface area contributed by atoms with Crippen LogP contribution in [0.3, 0.4) is 0 Å². The van der Waals surface area contributed by atoms with Crippen molar-refractivity contribution in [3.05, 3.63) is 18.5 Å². The van der Waals surface area contributed by atoms with E-state index >= 15 is 0 Å². The minimum Gasteiger partial charge on any atom is -0.338 e. The summed E-state index contributed by atoms with van der Waals surface area (Å²) in [5, 5.41) is 3.50. The van der Waals surface area contributed by atoms with Crippen molar-refractivity contribution in [2.24, 2.45) is 0 Å². The van der Waals surface area contributed by atoms with Crippen LogP contribution in [0.5, 0.6) is 0 Å². The van der Waals surface area contributed by atoms with Gasteiger partial charge in [0, 0.05) is 51.2 Å². The summed E-state index contributed by atoms with van der Waals surface area (Å²) in [5.41, 5.74) is 0. The zero-order chi connectivity index (χ0) is 13.5. The Morgan fingerprint density at radius 1 is 1.21 bits per heavy atom. The number of hydrogen-bond acceptors (Lipinski definition) is 5. The first-order valence-electron chi connectivity index (χ1n) is 7.28. The molecule has 0 radical (unpaired) electrons. The van der Waals surface area contributed by atoms with Gasteiger partial charge in [-0.05, 0) is 26.0 Å². The Balaban J connectivity index is 1.76. The number of hydrogen-bond donors (Lipinski definition) is 1. The molecule has 0 amide bonds. The van der Waals surface area contributed by atoms with Crippen LogP contribution in [0.15, 0.2) is 18.5 Å². The Labute approximate surface area is 116 Å². The maximum atomic E-state index is 4.32. The molecule has 19 heavy (non-hydrogen) atoms. The Kier molecular flexibility index (Phi) is 5.54. The van der Waals surface area contributed by atoms with Crippen LogP contribution < -0.4 is 10.2 Å². The highest BCUT2D eigenvalue weighted by atomic mass is 15.3. The van der Waals surface area contributed by atoms with E-state index < -0.39 is 0 Å². The predicted molar refractivity (Wildman–Crippen MR) is 78.4 cm³/mol. The molecule has 1 saturated heterocycles. The van der Waals surface area contributed by atoms with E-state index in [2.05, 4.69) is 38.9 Å². The van der Waals surface area contributed by atoms with Crippen molar-refractivity contribution in [1.82, 2.24) is 20.2 Å². The van der Waals surface area contributed by atoms with Gasteiger partial charge in [-0.3, -0.25) is 4.90 Å². The fourth-order valence-electron chi connectivity index (χ4n) is 2.43. The SMILES string of the molecule is CCCNCC(C)N1CCN(c2ncccn2)CC1. The first-order valence-corrected chi connectivity index (χ1v) is 7.28. The molecule has 1 N–H and O–H groups in total. The average molecular weight is 263 g/mol. The minimum atomic E-state index is 0.602. The van der Waals surface area contributed by atoms with Crippen LogP contribution in [0.1, 0.15) is 20.3 Å². The Morgan fingerprint density at radius 2 is 1.89 bits per heavy atom. The van der Waals surface area contributed by atoms with Crippen molar-refractivity contribution in [3.63, 3.8) is 0 Å². The standard InChI is InChI=1S/C14H25N5/c1-3-5-15-12-13(2)18-8-10-19(11-9-18)14-16-6-4-7-17-14/h4,6-7,13,15H,3,5,8-12H2,1-2H3. The number of piperazine rings is 1. The molecule has 1 unspecified atom stereocenters. The van der Waals surface area contributed by atoms with Crippen molar-refractivity contribution < 1.29 is 0 Å². The lowest BCUT2D eigenvalue weighted by molar-refractivity contribution is 0.192. The van der Waals surface area contributed by atoms with E-state index in [-0.39, 0.29) is 0 Å². The zero-order valence-electron chi connectivity index (χ0n) is 12.0. The molecule has 1 aromatic heterocycles. The molecule has 0 saturated carbocycles. The van der Waals surface area contributed by atoms with Gasteiger partial charge in [0.25, 0.3) is 0 Å². The summed E-state index contributed by atoms with van der Waals surface area (Å²) in [6.45, 7) is 10.9. The molecule has 106 valence electrons. The second kappa shape index (κ2) is 7.40. The number of nitrogens with zero attached hydrogens (tertiary/aromatic N) is 4.